The fraction of sp³-hybridized carbons (Fsp3) is 0.524. The standard InChI is InChI=1S/C12H12FNO.C8H14N4OS.CH5N/c13-11-7-2-1-3-9(7)12(14-6-15)10-5-4-8(10)11;1-10-2-6-4-12-8(13-5-6)7(14-9)3-11-12;1-2/h6H,1-5H2,(H,14,15);3,6,10H,2,4-5,9H2,1H3;2H2,1H3. The molecule has 0 fully saturated rings. The number of nitrogens with two attached hydrogens (primary N) is 2. The molecule has 3 aliphatic rings. The van der Waals surface area contributed by atoms with E-state index in [4.69, 9.17) is 9.88 Å². The third-order valence-electron chi connectivity index (χ3n) is 5.81. The molecule has 2 aliphatic carbocycles. The van der Waals surface area contributed by atoms with Gasteiger partial charge in [-0.25, -0.2) is 9.07 Å². The Morgan fingerprint density at radius 2 is 1.94 bits per heavy atom. The number of anilines is 1. The molecule has 1 unspecified atom stereocenters. The van der Waals surface area contributed by atoms with Crippen LogP contribution in [0.3, 0.4) is 0 Å². The van der Waals surface area contributed by atoms with Gasteiger partial charge in [0.05, 0.1) is 19.3 Å². The maximum atomic E-state index is 13.9. The second-order valence-corrected chi connectivity index (χ2v) is 8.24. The van der Waals surface area contributed by atoms with Crippen LogP contribution < -0.4 is 26.2 Å². The Bertz CT molecular complexity index is 920. The van der Waals surface area contributed by atoms with Crippen LogP contribution in [0.4, 0.5) is 10.1 Å². The van der Waals surface area contributed by atoms with Crippen molar-refractivity contribution in [2.24, 2.45) is 16.8 Å². The van der Waals surface area contributed by atoms with Crippen LogP contribution in [0.5, 0.6) is 5.88 Å². The summed E-state index contributed by atoms with van der Waals surface area (Å²) >= 11 is 1.18. The van der Waals surface area contributed by atoms with Crippen LogP contribution in [0.1, 0.15) is 28.7 Å². The summed E-state index contributed by atoms with van der Waals surface area (Å²) in [6, 6.07) is 0. The number of aromatic nitrogens is 2. The molecule has 8 nitrogen and oxygen atoms in total. The number of nitrogens with one attached hydrogen (secondary N) is 2. The first-order valence-corrected chi connectivity index (χ1v) is 11.4. The van der Waals surface area contributed by atoms with Gasteiger partial charge >= 0.3 is 0 Å². The Labute approximate surface area is 186 Å². The lowest BCUT2D eigenvalue weighted by Crippen LogP contribution is -2.32. The van der Waals surface area contributed by atoms with E-state index < -0.39 is 0 Å². The average Bonchev–Trinajstić information content (AvgIpc) is 3.41. The number of carbonyl (C=O) groups is 1. The number of fused-ring (bicyclic) bond motifs is 3. The van der Waals surface area contributed by atoms with Crippen molar-refractivity contribution < 1.29 is 13.9 Å². The van der Waals surface area contributed by atoms with Gasteiger partial charge < -0.3 is 21.1 Å². The Kier molecular flexibility index (Phi) is 8.30. The number of ether oxygens (including phenoxy) is 1. The van der Waals surface area contributed by atoms with Gasteiger partial charge in [-0.15, -0.1) is 0 Å². The largest absolute Gasteiger partial charge is 0.477 e. The van der Waals surface area contributed by atoms with Crippen molar-refractivity contribution in [1.29, 1.82) is 0 Å². The van der Waals surface area contributed by atoms with Gasteiger partial charge in [-0.2, -0.15) is 5.10 Å². The van der Waals surface area contributed by atoms with Gasteiger partial charge in [0.1, 0.15) is 10.7 Å². The van der Waals surface area contributed by atoms with Gasteiger partial charge in [0.25, 0.3) is 0 Å². The molecule has 0 saturated heterocycles. The number of halogens is 1. The van der Waals surface area contributed by atoms with Crippen LogP contribution in [0, 0.1) is 11.7 Å². The van der Waals surface area contributed by atoms with Crippen LogP contribution >= 0.6 is 11.9 Å². The van der Waals surface area contributed by atoms with E-state index in [1.807, 2.05) is 11.7 Å². The van der Waals surface area contributed by atoms with Crippen molar-refractivity contribution >= 4 is 24.0 Å². The Morgan fingerprint density at radius 1 is 1.26 bits per heavy atom. The summed E-state index contributed by atoms with van der Waals surface area (Å²) in [7, 11) is 3.44. The minimum Gasteiger partial charge on any atom is -0.477 e. The maximum absolute atomic E-state index is 13.9. The molecular weight excluding hydrogens is 419 g/mol. The molecule has 10 heteroatoms. The van der Waals surface area contributed by atoms with Crippen LogP contribution in [0.2, 0.25) is 0 Å². The summed E-state index contributed by atoms with van der Waals surface area (Å²) in [4.78, 5) is 11.5. The monoisotopic (exact) mass is 450 g/mol. The number of hydrogen-bond donors (Lipinski definition) is 4. The summed E-state index contributed by atoms with van der Waals surface area (Å²) in [5.74, 6) is 1.30. The predicted molar refractivity (Wildman–Crippen MR) is 121 cm³/mol. The van der Waals surface area contributed by atoms with Crippen molar-refractivity contribution in [1.82, 2.24) is 15.1 Å². The number of nitrogens with zero attached hydrogens (tertiary/aromatic N) is 2. The van der Waals surface area contributed by atoms with E-state index in [0.29, 0.717) is 12.3 Å². The van der Waals surface area contributed by atoms with Gasteiger partial charge in [0, 0.05) is 18.2 Å². The van der Waals surface area contributed by atoms with E-state index in [9.17, 15) is 9.18 Å². The lowest BCUT2D eigenvalue weighted by molar-refractivity contribution is -0.105. The van der Waals surface area contributed by atoms with E-state index in [-0.39, 0.29) is 5.82 Å². The highest BCUT2D eigenvalue weighted by Gasteiger charge is 2.30. The molecule has 1 aromatic carbocycles. The first-order chi connectivity index (χ1) is 15.2. The molecule has 1 aliphatic heterocycles. The van der Waals surface area contributed by atoms with E-state index in [0.717, 1.165) is 90.5 Å². The molecule has 31 heavy (non-hydrogen) atoms. The minimum atomic E-state index is 0.000184. The molecule has 2 heterocycles. The SMILES string of the molecule is CN.CNCC1COc2c(SN)cnn2C1.O=CNc1c2c(c(F)c3c1CC3)CCC2. The van der Waals surface area contributed by atoms with Gasteiger partial charge in [-0.05, 0) is 80.4 Å². The van der Waals surface area contributed by atoms with Crippen molar-refractivity contribution in [3.63, 3.8) is 0 Å². The first-order valence-electron chi connectivity index (χ1n) is 10.5. The number of benzene rings is 1. The van der Waals surface area contributed by atoms with Crippen LogP contribution in [-0.4, -0.2) is 43.4 Å². The molecule has 170 valence electrons. The van der Waals surface area contributed by atoms with Crippen LogP contribution in [-0.2, 0) is 37.0 Å². The second-order valence-electron chi connectivity index (χ2n) is 7.57. The first kappa shape index (κ1) is 23.5. The molecule has 1 amide bonds. The Hall–Kier alpha value is -2.14. The fourth-order valence-electron chi connectivity index (χ4n) is 4.37. The zero-order chi connectivity index (χ0) is 22.4. The van der Waals surface area contributed by atoms with Crippen LogP contribution in [0.15, 0.2) is 11.1 Å². The number of amides is 1. The van der Waals surface area contributed by atoms with Crippen molar-refractivity contribution in [3.05, 3.63) is 34.3 Å². The summed E-state index contributed by atoms with van der Waals surface area (Å²) in [5.41, 5.74) is 9.15. The summed E-state index contributed by atoms with van der Waals surface area (Å²) in [6.07, 6.45) is 6.89. The molecule has 1 aromatic heterocycles. The minimum absolute atomic E-state index is 0.000184. The van der Waals surface area contributed by atoms with Gasteiger partial charge in [-0.1, -0.05) is 0 Å². The van der Waals surface area contributed by atoms with E-state index in [1.165, 1.54) is 19.0 Å². The quantitative estimate of drug-likeness (QED) is 0.404. The van der Waals surface area contributed by atoms with Gasteiger partial charge in [-0.3, -0.25) is 9.93 Å². The van der Waals surface area contributed by atoms with Gasteiger partial charge in [0.15, 0.2) is 0 Å². The molecule has 0 spiro atoms. The summed E-state index contributed by atoms with van der Waals surface area (Å²) < 4.78 is 21.4. The molecule has 0 radical (unpaired) electrons. The highest BCUT2D eigenvalue weighted by atomic mass is 32.2. The number of rotatable bonds is 5. The predicted octanol–water partition coefficient (Wildman–Crippen LogP) is 1.63. The third-order valence-corrected chi connectivity index (χ3v) is 6.34. The van der Waals surface area contributed by atoms with E-state index >= 15 is 0 Å². The molecule has 2 aromatic rings. The third kappa shape index (κ3) is 4.72. The van der Waals surface area contributed by atoms with Crippen LogP contribution in [0.25, 0.3) is 0 Å². The lowest BCUT2D eigenvalue weighted by Gasteiger charge is -2.26. The smallest absolute Gasteiger partial charge is 0.227 e. The Morgan fingerprint density at radius 3 is 2.58 bits per heavy atom. The van der Waals surface area contributed by atoms with E-state index in [2.05, 4.69) is 21.5 Å². The second kappa shape index (κ2) is 10.9. The van der Waals surface area contributed by atoms with Crippen molar-refractivity contribution in [2.75, 3.05) is 32.6 Å². The molecule has 0 bridgehead atoms. The normalized spacial score (nSPS) is 17.4. The molecular formula is C21H31FN6O2S. The molecule has 5 rings (SSSR count). The highest BCUT2D eigenvalue weighted by Crippen LogP contribution is 2.41. The van der Waals surface area contributed by atoms with Crippen molar-refractivity contribution in [2.45, 2.75) is 43.5 Å². The lowest BCUT2D eigenvalue weighted by atomic mass is 9.83. The topological polar surface area (TPSA) is 120 Å². The average molecular weight is 451 g/mol. The molecule has 0 saturated carbocycles. The Balaban J connectivity index is 0.000000163. The fourth-order valence-corrected chi connectivity index (χ4v) is 4.75. The zero-order valence-electron chi connectivity index (χ0n) is 18.0. The molecule has 1 atom stereocenters. The van der Waals surface area contributed by atoms with Gasteiger partial charge in [0.2, 0.25) is 12.3 Å². The number of hydrogen-bond acceptors (Lipinski definition) is 7. The zero-order valence-corrected chi connectivity index (χ0v) is 18.9. The van der Waals surface area contributed by atoms with Crippen molar-refractivity contribution in [3.8, 4) is 5.88 Å². The molecule has 6 N–H and O–H groups in total. The summed E-state index contributed by atoms with van der Waals surface area (Å²) in [5, 5.41) is 15.6. The van der Waals surface area contributed by atoms with E-state index in [1.54, 1.807) is 6.20 Å². The highest BCUT2D eigenvalue weighted by molar-refractivity contribution is 7.97. The summed E-state index contributed by atoms with van der Waals surface area (Å²) in [6.45, 7) is 2.58. The number of carbonyl (C=O) groups excluding carboxylic acids is 1. The maximum Gasteiger partial charge on any atom is 0.227 e.